The van der Waals surface area contributed by atoms with Gasteiger partial charge in [0.2, 0.25) is 0 Å². The Morgan fingerprint density at radius 1 is 1.30 bits per heavy atom. The molecular weight excluding hydrogens is 252 g/mol. The molecule has 2 rings (SSSR count). The molecule has 1 heterocycles. The number of carbonyl (C=O) groups excluding carboxylic acids is 1. The minimum absolute atomic E-state index is 0.0220. The van der Waals surface area contributed by atoms with E-state index in [4.69, 9.17) is 4.74 Å². The third-order valence-electron chi connectivity index (χ3n) is 4.91. The summed E-state index contributed by atoms with van der Waals surface area (Å²) in [5.41, 5.74) is -0.135. The van der Waals surface area contributed by atoms with Crippen molar-refractivity contribution >= 4 is 6.03 Å². The van der Waals surface area contributed by atoms with E-state index in [0.717, 1.165) is 26.0 Å². The number of hydrogen-bond donors (Lipinski definition) is 2. The van der Waals surface area contributed by atoms with E-state index in [-0.39, 0.29) is 17.2 Å². The van der Waals surface area contributed by atoms with Gasteiger partial charge in [0.15, 0.2) is 0 Å². The normalized spacial score (nSPS) is 26.7. The van der Waals surface area contributed by atoms with Crippen molar-refractivity contribution in [3.05, 3.63) is 0 Å². The summed E-state index contributed by atoms with van der Waals surface area (Å²) in [6.45, 7) is 10.1. The van der Waals surface area contributed by atoms with Gasteiger partial charge in [-0.1, -0.05) is 6.42 Å². The van der Waals surface area contributed by atoms with Gasteiger partial charge >= 0.3 is 6.03 Å². The lowest BCUT2D eigenvalue weighted by molar-refractivity contribution is -0.0714. The first-order valence-corrected chi connectivity index (χ1v) is 7.98. The van der Waals surface area contributed by atoms with Gasteiger partial charge in [-0.2, -0.15) is 0 Å². The average Bonchev–Trinajstić information content (AvgIpc) is 2.21. The standard InChI is InChI=1S/C16H30N2O2/c1-15(2)10-12(8-9-20-15)11-17-14(19)18-16(3,4)13-6-5-7-13/h12-13H,5-11H2,1-4H3,(H2,17,18,19). The fourth-order valence-corrected chi connectivity index (χ4v) is 3.34. The summed E-state index contributed by atoms with van der Waals surface area (Å²) in [5.74, 6) is 1.16. The third kappa shape index (κ3) is 4.11. The van der Waals surface area contributed by atoms with Crippen molar-refractivity contribution in [1.29, 1.82) is 0 Å². The van der Waals surface area contributed by atoms with Crippen molar-refractivity contribution < 1.29 is 9.53 Å². The minimum Gasteiger partial charge on any atom is -0.376 e. The van der Waals surface area contributed by atoms with Crippen LogP contribution in [-0.4, -0.2) is 30.3 Å². The summed E-state index contributed by atoms with van der Waals surface area (Å²) < 4.78 is 5.71. The smallest absolute Gasteiger partial charge is 0.315 e. The van der Waals surface area contributed by atoms with Crippen molar-refractivity contribution in [2.75, 3.05) is 13.2 Å². The first kappa shape index (κ1) is 15.6. The summed E-state index contributed by atoms with van der Waals surface area (Å²) in [5, 5.41) is 6.18. The molecule has 0 radical (unpaired) electrons. The number of hydrogen-bond acceptors (Lipinski definition) is 2. The molecule has 1 aliphatic heterocycles. The number of rotatable bonds is 4. The molecule has 2 aliphatic rings. The number of nitrogens with one attached hydrogen (secondary N) is 2. The first-order valence-electron chi connectivity index (χ1n) is 7.98. The second-order valence-electron chi connectivity index (χ2n) is 7.65. The second kappa shape index (κ2) is 5.92. The van der Waals surface area contributed by atoms with Gasteiger partial charge in [-0.25, -0.2) is 4.79 Å². The van der Waals surface area contributed by atoms with Gasteiger partial charge in [-0.05, 0) is 65.2 Å². The summed E-state index contributed by atoms with van der Waals surface area (Å²) >= 11 is 0. The molecule has 20 heavy (non-hydrogen) atoms. The molecule has 116 valence electrons. The van der Waals surface area contributed by atoms with Gasteiger partial charge in [-0.3, -0.25) is 0 Å². The van der Waals surface area contributed by atoms with Crippen LogP contribution in [-0.2, 0) is 4.74 Å². The number of amides is 2. The van der Waals surface area contributed by atoms with Crippen molar-refractivity contribution in [3.63, 3.8) is 0 Å². The van der Waals surface area contributed by atoms with Crippen LogP contribution in [0, 0.1) is 11.8 Å². The predicted molar refractivity (Wildman–Crippen MR) is 80.7 cm³/mol. The van der Waals surface area contributed by atoms with Gasteiger partial charge < -0.3 is 15.4 Å². The molecule has 2 N–H and O–H groups in total. The Balaban J connectivity index is 1.72. The Morgan fingerprint density at radius 3 is 2.55 bits per heavy atom. The zero-order valence-electron chi connectivity index (χ0n) is 13.4. The lowest BCUT2D eigenvalue weighted by Gasteiger charge is -2.41. The molecule has 1 saturated heterocycles. The number of ether oxygens (including phenoxy) is 1. The van der Waals surface area contributed by atoms with Crippen LogP contribution in [0.3, 0.4) is 0 Å². The highest BCUT2D eigenvalue weighted by atomic mass is 16.5. The van der Waals surface area contributed by atoms with Crippen LogP contribution in [0.4, 0.5) is 4.79 Å². The Kier molecular flexibility index (Phi) is 4.62. The molecule has 1 unspecified atom stereocenters. The van der Waals surface area contributed by atoms with Crippen molar-refractivity contribution in [2.45, 2.75) is 70.9 Å². The number of urea groups is 1. The molecule has 0 spiro atoms. The molecule has 0 aromatic heterocycles. The fraction of sp³-hybridized carbons (Fsp3) is 0.938. The van der Waals surface area contributed by atoms with Crippen LogP contribution in [0.25, 0.3) is 0 Å². The molecule has 1 saturated carbocycles. The molecule has 2 amide bonds. The van der Waals surface area contributed by atoms with E-state index in [1.807, 2.05) is 0 Å². The maximum Gasteiger partial charge on any atom is 0.315 e. The van der Waals surface area contributed by atoms with E-state index >= 15 is 0 Å². The summed E-state index contributed by atoms with van der Waals surface area (Å²) in [6.07, 6.45) is 5.83. The molecule has 2 fully saturated rings. The zero-order valence-corrected chi connectivity index (χ0v) is 13.4. The summed E-state index contributed by atoms with van der Waals surface area (Å²) in [6, 6.07) is -0.0220. The predicted octanol–water partition coefficient (Wildman–Crippen LogP) is 3.07. The van der Waals surface area contributed by atoms with Crippen molar-refractivity contribution in [2.24, 2.45) is 11.8 Å². The molecule has 0 bridgehead atoms. The quantitative estimate of drug-likeness (QED) is 0.832. The Hall–Kier alpha value is -0.770. The van der Waals surface area contributed by atoms with Crippen molar-refractivity contribution in [3.8, 4) is 0 Å². The molecule has 0 aromatic carbocycles. The van der Waals surface area contributed by atoms with Crippen LogP contribution in [0.1, 0.15) is 59.8 Å². The van der Waals surface area contributed by atoms with Crippen LogP contribution in [0.15, 0.2) is 0 Å². The molecule has 1 atom stereocenters. The van der Waals surface area contributed by atoms with E-state index < -0.39 is 0 Å². The van der Waals surface area contributed by atoms with E-state index in [2.05, 4.69) is 38.3 Å². The summed E-state index contributed by atoms with van der Waals surface area (Å²) in [4.78, 5) is 12.1. The van der Waals surface area contributed by atoms with Gasteiger partial charge in [0.25, 0.3) is 0 Å². The van der Waals surface area contributed by atoms with E-state index in [1.165, 1.54) is 19.3 Å². The Bertz CT molecular complexity index is 348. The maximum atomic E-state index is 12.1. The van der Waals surface area contributed by atoms with Gasteiger partial charge in [0.05, 0.1) is 5.60 Å². The lowest BCUT2D eigenvalue weighted by atomic mass is 9.73. The largest absolute Gasteiger partial charge is 0.376 e. The fourth-order valence-electron chi connectivity index (χ4n) is 3.34. The van der Waals surface area contributed by atoms with Crippen LogP contribution >= 0.6 is 0 Å². The SMILES string of the molecule is CC1(C)CC(CNC(=O)NC(C)(C)C2CCC2)CCO1. The van der Waals surface area contributed by atoms with Gasteiger partial charge in [-0.15, -0.1) is 0 Å². The van der Waals surface area contributed by atoms with Crippen molar-refractivity contribution in [1.82, 2.24) is 10.6 Å². The highest BCUT2D eigenvalue weighted by molar-refractivity contribution is 5.74. The topological polar surface area (TPSA) is 50.4 Å². The highest BCUT2D eigenvalue weighted by Gasteiger charge is 2.35. The number of carbonyl (C=O) groups is 1. The molecule has 0 aromatic rings. The molecular formula is C16H30N2O2. The Labute approximate surface area is 123 Å². The van der Waals surface area contributed by atoms with E-state index in [1.54, 1.807) is 0 Å². The van der Waals surface area contributed by atoms with Crippen LogP contribution in [0.5, 0.6) is 0 Å². The first-order chi connectivity index (χ1) is 9.28. The highest BCUT2D eigenvalue weighted by Crippen LogP contribution is 2.35. The van der Waals surface area contributed by atoms with Crippen LogP contribution in [0.2, 0.25) is 0 Å². The summed E-state index contributed by atoms with van der Waals surface area (Å²) in [7, 11) is 0. The lowest BCUT2D eigenvalue weighted by Crippen LogP contribution is -2.55. The van der Waals surface area contributed by atoms with Gasteiger partial charge in [0, 0.05) is 18.7 Å². The molecule has 4 heteroatoms. The maximum absolute atomic E-state index is 12.1. The second-order valence-corrected chi connectivity index (χ2v) is 7.65. The average molecular weight is 282 g/mol. The van der Waals surface area contributed by atoms with Gasteiger partial charge in [0.1, 0.15) is 0 Å². The molecule has 4 nitrogen and oxygen atoms in total. The minimum atomic E-state index is -0.0860. The van der Waals surface area contributed by atoms with Crippen LogP contribution < -0.4 is 10.6 Å². The van der Waals surface area contributed by atoms with E-state index in [9.17, 15) is 4.79 Å². The Morgan fingerprint density at radius 2 is 2.00 bits per heavy atom. The molecule has 1 aliphatic carbocycles. The monoisotopic (exact) mass is 282 g/mol. The zero-order chi connectivity index (χ0) is 14.8. The third-order valence-corrected chi connectivity index (χ3v) is 4.91. The van der Waals surface area contributed by atoms with E-state index in [0.29, 0.717) is 11.8 Å².